The first-order chi connectivity index (χ1) is 28.6. The van der Waals surface area contributed by atoms with Crippen molar-refractivity contribution in [2.75, 3.05) is 20.8 Å². The van der Waals surface area contributed by atoms with Gasteiger partial charge in [-0.05, 0) is 53.2 Å². The second-order valence-electron chi connectivity index (χ2n) is 17.8. The van der Waals surface area contributed by atoms with E-state index in [2.05, 4.69) is 0 Å². The van der Waals surface area contributed by atoms with E-state index in [4.69, 9.17) is 52.1 Å². The van der Waals surface area contributed by atoms with Crippen LogP contribution in [-0.2, 0) is 47.4 Å². The molecule has 6 aliphatic heterocycles. The van der Waals surface area contributed by atoms with Gasteiger partial charge >= 0.3 is 5.97 Å². The lowest BCUT2D eigenvalue weighted by molar-refractivity contribution is -0.382. The van der Waals surface area contributed by atoms with E-state index in [1.807, 2.05) is 0 Å². The fourth-order valence-corrected chi connectivity index (χ4v) is 10.9. The van der Waals surface area contributed by atoms with E-state index in [0.717, 1.165) is 0 Å². The van der Waals surface area contributed by atoms with Crippen LogP contribution >= 0.6 is 0 Å². The average molecular weight is 863 g/mol. The largest absolute Gasteiger partial charge is 0.506 e. The Hall–Kier alpha value is -3.28. The van der Waals surface area contributed by atoms with Crippen LogP contribution in [0.15, 0.2) is 6.07 Å². The molecule has 9 rings (SSSR count). The van der Waals surface area contributed by atoms with Crippen LogP contribution in [0, 0.1) is 6.92 Å². The zero-order valence-electron chi connectivity index (χ0n) is 35.3. The topological polar surface area (TPSA) is 260 Å². The molecular weight excluding hydrogens is 808 g/mol. The van der Waals surface area contributed by atoms with Crippen molar-refractivity contribution in [2.24, 2.45) is 0 Å². The van der Waals surface area contributed by atoms with E-state index in [1.54, 1.807) is 26.8 Å². The number of esters is 1. The number of aliphatic hydroxyl groups excluding tert-OH is 3. The maximum atomic E-state index is 14.1. The number of epoxide rings is 1. The Morgan fingerprint density at radius 3 is 2.33 bits per heavy atom. The van der Waals surface area contributed by atoms with Gasteiger partial charge in [-0.25, -0.2) is 0 Å². The molecule has 5 saturated heterocycles. The summed E-state index contributed by atoms with van der Waals surface area (Å²) in [5.41, 5.74) is -4.22. The Morgan fingerprint density at radius 1 is 1.03 bits per heavy atom. The molecule has 1 aliphatic carbocycles. The molecule has 11 unspecified atom stereocenters. The molecule has 7 aliphatic rings. The first-order valence-electron chi connectivity index (χ1n) is 20.6. The number of hydrogen-bond donors (Lipinski definition) is 6. The summed E-state index contributed by atoms with van der Waals surface area (Å²) in [5.74, 6) is -5.34. The van der Waals surface area contributed by atoms with Crippen LogP contribution in [0.25, 0.3) is 10.8 Å². The third kappa shape index (κ3) is 5.69. The van der Waals surface area contributed by atoms with Crippen LogP contribution in [-0.4, -0.2) is 153 Å². The SMILES string of the molecule is COc1c2c(c(O)c3c4c(c(C)cc13)C1OC3([C@H](C)OC)OC1[C@@](OC1CC(O)C(O)([C@H](C)O)C(C)O1)(O4)[C@@]31CO1)C(=O)[C@@H](O)C[C@@H]2OC1CC(C)(O)C(OC(C)=O)C(C)O1. The van der Waals surface area contributed by atoms with Crippen molar-refractivity contribution in [3.8, 4) is 17.2 Å². The van der Waals surface area contributed by atoms with E-state index in [1.165, 1.54) is 41.9 Å². The summed E-state index contributed by atoms with van der Waals surface area (Å²) in [6.07, 6.45) is -14.4. The number of phenols is 1. The summed E-state index contributed by atoms with van der Waals surface area (Å²) in [5, 5.41) is 68.3. The third-order valence-electron chi connectivity index (χ3n) is 14.0. The van der Waals surface area contributed by atoms with Crippen molar-refractivity contribution in [1.29, 1.82) is 0 Å². The fraction of sp³-hybridized carbons (Fsp3) is 0.714. The van der Waals surface area contributed by atoms with Gasteiger partial charge in [0, 0.05) is 49.8 Å². The zero-order valence-corrected chi connectivity index (χ0v) is 35.3. The Morgan fingerprint density at radius 2 is 1.74 bits per heavy atom. The number of rotatable bonds is 9. The predicted molar refractivity (Wildman–Crippen MR) is 203 cm³/mol. The van der Waals surface area contributed by atoms with Crippen molar-refractivity contribution < 1.29 is 92.3 Å². The molecule has 1 spiro atoms. The van der Waals surface area contributed by atoms with Crippen molar-refractivity contribution in [3.63, 3.8) is 0 Å². The first kappa shape index (κ1) is 43.0. The molecule has 61 heavy (non-hydrogen) atoms. The number of Topliss-reactive ketones (excluding diaryl/α,β-unsaturated/α-hetero) is 1. The van der Waals surface area contributed by atoms with E-state index in [-0.39, 0.29) is 53.9 Å². The highest BCUT2D eigenvalue weighted by molar-refractivity contribution is 6.13. The highest BCUT2D eigenvalue weighted by atomic mass is 16.9. The number of aromatic hydroxyl groups is 1. The van der Waals surface area contributed by atoms with Crippen LogP contribution in [0.3, 0.4) is 0 Å². The minimum absolute atomic E-state index is 0.00377. The summed E-state index contributed by atoms with van der Waals surface area (Å²) >= 11 is 0. The van der Waals surface area contributed by atoms with Crippen LogP contribution in [0.5, 0.6) is 17.2 Å². The van der Waals surface area contributed by atoms with Crippen LogP contribution in [0.1, 0.15) is 100 Å². The number of carbonyl (C=O) groups is 2. The molecule has 0 radical (unpaired) electrons. The number of benzene rings is 2. The Labute approximate surface area is 350 Å². The monoisotopic (exact) mass is 862 g/mol. The molecular formula is C42H54O19. The summed E-state index contributed by atoms with van der Waals surface area (Å²) in [4.78, 5) is 25.9. The van der Waals surface area contributed by atoms with Crippen molar-refractivity contribution >= 4 is 22.5 Å². The maximum Gasteiger partial charge on any atom is 0.303 e. The van der Waals surface area contributed by atoms with Crippen molar-refractivity contribution in [3.05, 3.63) is 28.3 Å². The number of hydrogen-bond acceptors (Lipinski definition) is 19. The molecule has 2 aromatic carbocycles. The van der Waals surface area contributed by atoms with Gasteiger partial charge in [0.15, 0.2) is 30.6 Å². The molecule has 19 heteroatoms. The van der Waals surface area contributed by atoms with Gasteiger partial charge < -0.3 is 82.7 Å². The second-order valence-corrected chi connectivity index (χ2v) is 17.8. The van der Waals surface area contributed by atoms with Crippen LogP contribution in [0.2, 0.25) is 0 Å². The third-order valence-corrected chi connectivity index (χ3v) is 14.0. The van der Waals surface area contributed by atoms with Gasteiger partial charge in [-0.1, -0.05) is 0 Å². The molecule has 6 N–H and O–H groups in total. The number of aliphatic hydroxyl groups is 5. The summed E-state index contributed by atoms with van der Waals surface area (Å²) in [7, 11) is 2.88. The smallest absolute Gasteiger partial charge is 0.303 e. The number of carbonyl (C=O) groups excluding carboxylic acids is 2. The highest BCUT2D eigenvalue weighted by Gasteiger charge is 2.93. The van der Waals surface area contributed by atoms with E-state index < -0.39 is 119 Å². The minimum atomic E-state index is -2.02. The molecule has 0 aromatic heterocycles. The van der Waals surface area contributed by atoms with Crippen molar-refractivity contribution in [2.45, 2.75) is 170 Å². The lowest BCUT2D eigenvalue weighted by Gasteiger charge is -2.52. The summed E-state index contributed by atoms with van der Waals surface area (Å²) in [6, 6.07) is 1.74. The molecule has 0 saturated carbocycles. The van der Waals surface area contributed by atoms with E-state index >= 15 is 0 Å². The molecule has 2 bridgehead atoms. The van der Waals surface area contributed by atoms with Gasteiger partial charge in [0.05, 0.1) is 55.2 Å². The molecule has 17 atom stereocenters. The molecule has 19 nitrogen and oxygen atoms in total. The number of fused-ring (bicyclic) bond motifs is 8. The number of methoxy groups -OCH3 is 2. The normalized spacial score (nSPS) is 44.3. The number of ketones is 1. The van der Waals surface area contributed by atoms with E-state index in [0.29, 0.717) is 16.5 Å². The molecule has 336 valence electrons. The van der Waals surface area contributed by atoms with E-state index in [9.17, 15) is 40.2 Å². The number of ether oxygens (including phenoxy) is 11. The summed E-state index contributed by atoms with van der Waals surface area (Å²) < 4.78 is 69.5. The summed E-state index contributed by atoms with van der Waals surface area (Å²) in [6.45, 7) is 10.7. The Balaban J connectivity index is 1.18. The molecule has 2 aromatic rings. The van der Waals surface area contributed by atoms with Gasteiger partial charge in [0.1, 0.15) is 46.8 Å². The van der Waals surface area contributed by atoms with Crippen LogP contribution < -0.4 is 9.47 Å². The Kier molecular flexibility index (Phi) is 9.94. The Bertz CT molecular complexity index is 2140. The highest BCUT2D eigenvalue weighted by Crippen LogP contribution is 2.72. The minimum Gasteiger partial charge on any atom is -0.506 e. The molecule has 5 fully saturated rings. The average Bonchev–Trinajstić information content (AvgIpc) is 3.84. The van der Waals surface area contributed by atoms with Gasteiger partial charge in [0.2, 0.25) is 11.4 Å². The van der Waals surface area contributed by atoms with Gasteiger partial charge in [-0.2, -0.15) is 0 Å². The fourth-order valence-electron chi connectivity index (χ4n) is 10.9. The number of aryl methyl sites for hydroxylation is 1. The molecule has 6 heterocycles. The number of phenolic OH excluding ortho intramolecular Hbond substituents is 1. The first-order valence-corrected chi connectivity index (χ1v) is 20.6. The standard InChI is InChI=1S/C42H54O19/c1-15-10-21-28(32(48)30-29(33(21)52-9)23(11-22(45)31(30)47)57-26-13-38(7,49)36(16(2)54-26)56-20(6)44)34-27(15)35-37-42(59-34,39(14-53-39)41(60-35,61-37)19(5)51-8)58-25-12-24(46)40(50,17(3)43)18(4)55-25/h10,16-19,22-26,35-37,43,45-46,48-50H,11-14H2,1-9H3/t16?,17-,18?,19-,22-,23-,24?,25?,26?,35?,36?,37?,38?,39+,40?,41?,42+/m0/s1. The van der Waals surface area contributed by atoms with Gasteiger partial charge in [-0.15, -0.1) is 0 Å². The zero-order chi connectivity index (χ0) is 44.1. The van der Waals surface area contributed by atoms with Crippen LogP contribution in [0.4, 0.5) is 0 Å². The molecule has 0 amide bonds. The maximum absolute atomic E-state index is 14.1. The predicted octanol–water partition coefficient (Wildman–Crippen LogP) is 1.37. The van der Waals surface area contributed by atoms with Crippen molar-refractivity contribution in [1.82, 2.24) is 0 Å². The lowest BCUT2D eigenvalue weighted by Crippen LogP contribution is -2.72. The lowest BCUT2D eigenvalue weighted by atomic mass is 9.76. The quantitative estimate of drug-likeness (QED) is 0.154. The second kappa shape index (κ2) is 14.1. The van der Waals surface area contributed by atoms with Gasteiger partial charge in [0.25, 0.3) is 5.79 Å². The van der Waals surface area contributed by atoms with Gasteiger partial charge in [-0.3, -0.25) is 9.59 Å².